The van der Waals surface area contributed by atoms with Crippen LogP contribution < -0.4 is 10.9 Å². The first kappa shape index (κ1) is 19.6. The van der Waals surface area contributed by atoms with Crippen molar-refractivity contribution in [3.05, 3.63) is 34.1 Å². The fourth-order valence-electron chi connectivity index (χ4n) is 4.12. The lowest BCUT2D eigenvalue weighted by molar-refractivity contribution is 0.132. The molecule has 5 nitrogen and oxygen atoms in total. The molecule has 2 saturated carbocycles. The van der Waals surface area contributed by atoms with Crippen molar-refractivity contribution in [3.8, 4) is 0 Å². The molecule has 1 heterocycles. The van der Waals surface area contributed by atoms with Gasteiger partial charge < -0.3 is 15.4 Å². The highest BCUT2D eigenvalue weighted by Gasteiger charge is 2.27. The number of aliphatic hydroxyl groups is 1. The van der Waals surface area contributed by atoms with Crippen molar-refractivity contribution in [2.24, 2.45) is 0 Å². The number of nitrogens with zero attached hydrogens (tertiary/aromatic N) is 1. The van der Waals surface area contributed by atoms with Crippen LogP contribution >= 0.6 is 11.8 Å². The van der Waals surface area contributed by atoms with Gasteiger partial charge in [0.05, 0.1) is 23.4 Å². The predicted molar refractivity (Wildman–Crippen MR) is 108 cm³/mol. The third kappa shape index (κ3) is 4.33. The molecule has 152 valence electrons. The van der Waals surface area contributed by atoms with Gasteiger partial charge in [-0.1, -0.05) is 0 Å². The van der Waals surface area contributed by atoms with Gasteiger partial charge in [-0.3, -0.25) is 4.79 Å². The van der Waals surface area contributed by atoms with E-state index in [9.17, 15) is 18.7 Å². The zero-order chi connectivity index (χ0) is 19.7. The molecule has 0 bridgehead atoms. The number of hydrogen-bond acceptors (Lipinski definition) is 5. The highest BCUT2D eigenvalue weighted by atomic mass is 32.2. The molecule has 2 atom stereocenters. The van der Waals surface area contributed by atoms with Gasteiger partial charge in [0.25, 0.3) is 5.56 Å². The Hall–Kier alpha value is -1.67. The number of thioether (sulfide) groups is 1. The number of aromatic amines is 1. The van der Waals surface area contributed by atoms with Gasteiger partial charge in [-0.2, -0.15) is 11.8 Å². The first-order chi connectivity index (χ1) is 13.5. The molecule has 2 aliphatic rings. The van der Waals surface area contributed by atoms with E-state index in [1.165, 1.54) is 6.07 Å². The molecule has 1 aromatic carbocycles. The van der Waals surface area contributed by atoms with E-state index in [-0.39, 0.29) is 23.0 Å². The van der Waals surface area contributed by atoms with Crippen molar-refractivity contribution in [1.29, 1.82) is 0 Å². The second kappa shape index (κ2) is 8.37. The molecule has 2 aromatic rings. The zero-order valence-electron chi connectivity index (χ0n) is 15.6. The van der Waals surface area contributed by atoms with Crippen LogP contribution in [-0.2, 0) is 5.75 Å². The number of benzene rings is 1. The van der Waals surface area contributed by atoms with Crippen LogP contribution in [0.2, 0.25) is 0 Å². The summed E-state index contributed by atoms with van der Waals surface area (Å²) in [5.41, 5.74) is 0.250. The van der Waals surface area contributed by atoms with Gasteiger partial charge in [-0.15, -0.1) is 0 Å². The number of aliphatic hydroxyl groups excluding tert-OH is 1. The van der Waals surface area contributed by atoms with Crippen molar-refractivity contribution >= 4 is 28.4 Å². The molecule has 0 unspecified atom stereocenters. The van der Waals surface area contributed by atoms with Crippen molar-refractivity contribution < 1.29 is 13.9 Å². The molecule has 3 N–H and O–H groups in total. The Morgan fingerprint density at radius 3 is 2.71 bits per heavy atom. The lowest BCUT2D eigenvalue weighted by Crippen LogP contribution is -2.25. The van der Waals surface area contributed by atoms with E-state index in [0.717, 1.165) is 32.1 Å². The van der Waals surface area contributed by atoms with Gasteiger partial charge in [0.15, 0.2) is 0 Å². The van der Waals surface area contributed by atoms with Crippen molar-refractivity contribution in [2.75, 3.05) is 5.32 Å². The van der Waals surface area contributed by atoms with Crippen LogP contribution in [0.25, 0.3) is 10.9 Å². The molecule has 8 heteroatoms. The van der Waals surface area contributed by atoms with E-state index < -0.39 is 17.5 Å². The van der Waals surface area contributed by atoms with E-state index in [1.54, 1.807) is 17.8 Å². The number of H-pyrrole nitrogens is 1. The highest BCUT2D eigenvalue weighted by molar-refractivity contribution is 7.99. The van der Waals surface area contributed by atoms with Crippen LogP contribution in [-0.4, -0.2) is 38.6 Å². The number of rotatable bonds is 5. The summed E-state index contributed by atoms with van der Waals surface area (Å²) in [6, 6.07) is 2.55. The summed E-state index contributed by atoms with van der Waals surface area (Å²) in [4.78, 5) is 19.5. The third-order valence-electron chi connectivity index (χ3n) is 5.69. The highest BCUT2D eigenvalue weighted by Crippen LogP contribution is 2.31. The molecule has 0 saturated heterocycles. The molecule has 2 fully saturated rings. The summed E-state index contributed by atoms with van der Waals surface area (Å²) < 4.78 is 28.4. The summed E-state index contributed by atoms with van der Waals surface area (Å²) in [7, 11) is 0. The predicted octanol–water partition coefficient (Wildman–Crippen LogP) is 3.90. The van der Waals surface area contributed by atoms with Crippen molar-refractivity contribution in [1.82, 2.24) is 9.97 Å². The van der Waals surface area contributed by atoms with E-state index in [1.807, 2.05) is 0 Å². The maximum absolute atomic E-state index is 14.5. The van der Waals surface area contributed by atoms with Gasteiger partial charge in [-0.05, 0) is 57.1 Å². The Labute approximate surface area is 166 Å². The fourth-order valence-corrected chi connectivity index (χ4v) is 5.26. The van der Waals surface area contributed by atoms with Crippen LogP contribution in [0, 0.1) is 5.82 Å². The van der Waals surface area contributed by atoms with Crippen LogP contribution in [0.3, 0.4) is 0 Å². The minimum absolute atomic E-state index is 0.0664. The Kier molecular flexibility index (Phi) is 5.87. The number of nitrogens with one attached hydrogen (secondary N) is 2. The topological polar surface area (TPSA) is 78.0 Å². The first-order valence-electron chi connectivity index (χ1n) is 9.92. The average Bonchev–Trinajstić information content (AvgIpc) is 3.05. The molecule has 0 amide bonds. The third-order valence-corrected chi connectivity index (χ3v) is 7.08. The number of aromatic nitrogens is 2. The minimum Gasteiger partial charge on any atom is -0.393 e. The molecule has 0 radical (unpaired) electrons. The summed E-state index contributed by atoms with van der Waals surface area (Å²) in [6.45, 7) is 0. The molecule has 2 aliphatic carbocycles. The lowest BCUT2D eigenvalue weighted by atomic mass is 9.97. The zero-order valence-corrected chi connectivity index (χ0v) is 16.4. The largest absolute Gasteiger partial charge is 0.393 e. The van der Waals surface area contributed by atoms with Gasteiger partial charge in [0, 0.05) is 10.9 Å². The smallest absolute Gasteiger partial charge is 0.261 e. The van der Waals surface area contributed by atoms with E-state index in [2.05, 4.69) is 15.3 Å². The SMILES string of the molecule is O=c1[nH]c(CSC2CCC(O)CC2)nc2cc(N[C@@H]3CCC[C@H]3F)cc(F)c12. The quantitative estimate of drug-likeness (QED) is 0.698. The molecule has 0 spiro atoms. The maximum Gasteiger partial charge on any atom is 0.261 e. The number of alkyl halides is 1. The average molecular weight is 410 g/mol. The maximum atomic E-state index is 14.5. The second-order valence-electron chi connectivity index (χ2n) is 7.80. The van der Waals surface area contributed by atoms with Crippen LogP contribution in [0.4, 0.5) is 14.5 Å². The summed E-state index contributed by atoms with van der Waals surface area (Å²) in [5.74, 6) is 0.387. The summed E-state index contributed by atoms with van der Waals surface area (Å²) in [5, 5.41) is 13.0. The number of hydrogen-bond donors (Lipinski definition) is 3. The standard InChI is InChI=1S/C20H25F2N3O2S/c21-14-2-1-3-16(14)23-11-8-15(22)19-17(9-11)24-18(25-20(19)27)10-28-13-6-4-12(26)5-7-13/h8-9,12-14,16,23,26H,1-7,10H2,(H,24,25,27)/t12?,13?,14-,16-/m1/s1. The Balaban J connectivity index is 1.53. The van der Waals surface area contributed by atoms with Gasteiger partial charge >= 0.3 is 0 Å². The lowest BCUT2D eigenvalue weighted by Gasteiger charge is -2.24. The summed E-state index contributed by atoms with van der Waals surface area (Å²) >= 11 is 1.70. The van der Waals surface area contributed by atoms with Gasteiger partial charge in [-0.25, -0.2) is 13.8 Å². The second-order valence-corrected chi connectivity index (χ2v) is 9.09. The Morgan fingerprint density at radius 2 is 2.00 bits per heavy atom. The number of anilines is 1. The summed E-state index contributed by atoms with van der Waals surface area (Å²) in [6.07, 6.45) is 4.39. The first-order valence-corrected chi connectivity index (χ1v) is 11.0. The minimum atomic E-state index is -0.938. The molecular formula is C20H25F2N3O2S. The van der Waals surface area contributed by atoms with Crippen molar-refractivity contribution in [2.45, 2.75) is 74.3 Å². The molecule has 0 aliphatic heterocycles. The number of halogens is 2. The van der Waals surface area contributed by atoms with E-state index in [4.69, 9.17) is 0 Å². The monoisotopic (exact) mass is 409 g/mol. The van der Waals surface area contributed by atoms with Crippen LogP contribution in [0.5, 0.6) is 0 Å². The van der Waals surface area contributed by atoms with Crippen LogP contribution in [0.15, 0.2) is 16.9 Å². The Bertz CT molecular complexity index is 899. The van der Waals surface area contributed by atoms with Crippen LogP contribution in [0.1, 0.15) is 50.8 Å². The molecular weight excluding hydrogens is 384 g/mol. The van der Waals surface area contributed by atoms with Gasteiger partial charge in [0.2, 0.25) is 0 Å². The number of fused-ring (bicyclic) bond motifs is 1. The normalized spacial score (nSPS) is 28.0. The Morgan fingerprint density at radius 1 is 1.21 bits per heavy atom. The van der Waals surface area contributed by atoms with Gasteiger partial charge in [0.1, 0.15) is 23.2 Å². The van der Waals surface area contributed by atoms with E-state index >= 15 is 0 Å². The molecule has 28 heavy (non-hydrogen) atoms. The molecule has 1 aromatic heterocycles. The fraction of sp³-hybridized carbons (Fsp3) is 0.600. The van der Waals surface area contributed by atoms with Crippen molar-refractivity contribution in [3.63, 3.8) is 0 Å². The molecule has 4 rings (SSSR count). The van der Waals surface area contributed by atoms with E-state index in [0.29, 0.717) is 35.4 Å².